The van der Waals surface area contributed by atoms with Crippen LogP contribution in [0.15, 0.2) is 303 Å². The molecule has 0 atom stereocenters. The lowest BCUT2D eigenvalue weighted by Gasteiger charge is -2.21. The van der Waals surface area contributed by atoms with Crippen LogP contribution in [0.3, 0.4) is 0 Å². The predicted molar refractivity (Wildman–Crippen MR) is 366 cm³/mol. The number of nitrogens with zero attached hydrogens (tertiary/aromatic N) is 2. The number of hydrogen-bond donors (Lipinski definition) is 0. The highest BCUT2D eigenvalue weighted by Gasteiger charge is 2.31. The molecule has 0 saturated heterocycles. The fraction of sp³-hybridized carbons (Fsp3) is 0. The van der Waals surface area contributed by atoms with Gasteiger partial charge in [0.25, 0.3) is 0 Å². The summed E-state index contributed by atoms with van der Waals surface area (Å²) >= 11 is 0. The second-order valence-electron chi connectivity index (χ2n) is 23.4. The molecule has 19 rings (SSSR count). The molecule has 0 spiro atoms. The van der Waals surface area contributed by atoms with E-state index in [4.69, 9.17) is 0 Å². The minimum atomic E-state index is 1.13. The molecule has 18 aromatic rings. The monoisotopic (exact) mass is 1090 g/mol. The van der Waals surface area contributed by atoms with Gasteiger partial charge in [0.1, 0.15) is 0 Å². The van der Waals surface area contributed by atoms with E-state index in [0.717, 1.165) is 11.4 Å². The van der Waals surface area contributed by atoms with E-state index in [0.29, 0.717) is 0 Å². The topological polar surface area (TPSA) is 9.86 Å². The first-order valence-corrected chi connectivity index (χ1v) is 29.9. The van der Waals surface area contributed by atoms with E-state index in [2.05, 4.69) is 312 Å². The highest BCUT2D eigenvalue weighted by molar-refractivity contribution is 6.28. The van der Waals surface area contributed by atoms with Gasteiger partial charge in [-0.2, -0.15) is 0 Å². The highest BCUT2D eigenvalue weighted by Crippen LogP contribution is 2.58. The van der Waals surface area contributed by atoms with Crippen molar-refractivity contribution in [3.8, 4) is 78.1 Å². The molecule has 16 aromatic carbocycles. The van der Waals surface area contributed by atoms with E-state index in [-0.39, 0.29) is 0 Å². The number of hydrogen-bond acceptors (Lipinski definition) is 0. The molecule has 2 heterocycles. The van der Waals surface area contributed by atoms with E-state index < -0.39 is 0 Å². The summed E-state index contributed by atoms with van der Waals surface area (Å²) in [6.45, 7) is 0. The Bertz CT molecular complexity index is 5560. The minimum absolute atomic E-state index is 1.13. The number of benzene rings is 16. The second kappa shape index (κ2) is 18.1. The Morgan fingerprint density at radius 3 is 0.942 bits per heavy atom. The summed E-state index contributed by atoms with van der Waals surface area (Å²) in [4.78, 5) is 0. The average Bonchev–Trinajstić information content (AvgIpc) is 1.66. The van der Waals surface area contributed by atoms with Gasteiger partial charge in [-0.05, 0) is 180 Å². The third-order valence-electron chi connectivity index (χ3n) is 19.0. The molecule has 0 fully saturated rings. The molecular weight excluding hydrogens is 1040 g/mol. The van der Waals surface area contributed by atoms with Gasteiger partial charge in [0.15, 0.2) is 0 Å². The first-order chi connectivity index (χ1) is 42.7. The molecule has 0 radical (unpaired) electrons. The Labute approximate surface area is 495 Å². The molecule has 0 amide bonds. The molecule has 0 unspecified atom stereocenters. The smallest absolute Gasteiger partial charge is 0.0547 e. The van der Waals surface area contributed by atoms with Gasteiger partial charge in [-0.25, -0.2) is 0 Å². The van der Waals surface area contributed by atoms with Crippen molar-refractivity contribution in [2.45, 2.75) is 0 Å². The fourth-order valence-electron chi connectivity index (χ4n) is 15.3. The van der Waals surface area contributed by atoms with Crippen LogP contribution in [0.4, 0.5) is 0 Å². The van der Waals surface area contributed by atoms with Gasteiger partial charge in [0, 0.05) is 32.9 Å². The minimum Gasteiger partial charge on any atom is -0.309 e. The zero-order chi connectivity index (χ0) is 56.1. The number of fused-ring (bicyclic) bond motifs is 16. The van der Waals surface area contributed by atoms with Crippen molar-refractivity contribution in [1.82, 2.24) is 9.13 Å². The van der Waals surface area contributed by atoms with Gasteiger partial charge in [0.05, 0.1) is 22.1 Å². The predicted octanol–water partition coefficient (Wildman–Crippen LogP) is 23.1. The molecule has 0 bridgehead atoms. The lowest BCUT2D eigenvalue weighted by molar-refractivity contribution is 1.18. The van der Waals surface area contributed by atoms with Crippen LogP contribution in [-0.4, -0.2) is 9.13 Å². The van der Waals surface area contributed by atoms with Crippen molar-refractivity contribution in [1.29, 1.82) is 0 Å². The Balaban J connectivity index is 0.801. The zero-order valence-corrected chi connectivity index (χ0v) is 46.8. The standard InChI is InChI=1S/C84H50N2/c1-5-23-62-51(15-1)19-11-29-64(62)58-37-45-70-76(49-58)85(74-47-39-53-17-3-7-25-66(53)81(70)74)60-41-33-56(34-42-60)79-68-27-9-10-28-69(68)80(84-73-32-14-22-55-21-13-31-72(78(55)73)83(79)84)57-35-43-61(44-36-57)86-75-48-40-54-18-4-8-26-67(54)82(75)71-46-38-59(50-77(71)86)65-30-12-20-52-16-2-6-24-63(52)65/h1-50H. The first kappa shape index (κ1) is 47.2. The SMILES string of the molecule is c1ccc2c(-c3ccc4c5c6ccccc6ccc5n(-c5ccc(-c6c7c(c(-c8ccc(-n9c%10cc(-c%11cccc%12ccccc%11%12)ccc%10c%10c%11ccccc%11ccc%109)cc8)c8ccccc68)-c6cccc8cccc-7c68)cc5)c4c3)cccc2c1. The quantitative estimate of drug-likeness (QED) is 0.157. The summed E-state index contributed by atoms with van der Waals surface area (Å²) in [7, 11) is 0. The van der Waals surface area contributed by atoms with Crippen LogP contribution in [0, 0.1) is 0 Å². The van der Waals surface area contributed by atoms with Gasteiger partial charge < -0.3 is 9.13 Å². The van der Waals surface area contributed by atoms with Crippen molar-refractivity contribution < 1.29 is 0 Å². The van der Waals surface area contributed by atoms with Crippen LogP contribution in [-0.2, 0) is 0 Å². The third kappa shape index (κ3) is 6.72. The third-order valence-corrected chi connectivity index (χ3v) is 19.0. The highest BCUT2D eigenvalue weighted by atomic mass is 15.0. The molecular formula is C84H50N2. The Kier molecular flexibility index (Phi) is 9.93. The van der Waals surface area contributed by atoms with Crippen LogP contribution >= 0.6 is 0 Å². The van der Waals surface area contributed by atoms with E-state index in [9.17, 15) is 0 Å². The van der Waals surface area contributed by atoms with Gasteiger partial charge in [-0.15, -0.1) is 0 Å². The van der Waals surface area contributed by atoms with Crippen molar-refractivity contribution in [3.05, 3.63) is 303 Å². The second-order valence-corrected chi connectivity index (χ2v) is 23.4. The normalized spacial score (nSPS) is 12.2. The van der Waals surface area contributed by atoms with Crippen LogP contribution in [0.1, 0.15) is 0 Å². The summed E-state index contributed by atoms with van der Waals surface area (Å²) in [6, 6.07) is 114. The Morgan fingerprint density at radius 2 is 0.512 bits per heavy atom. The summed E-state index contributed by atoms with van der Waals surface area (Å²) in [5, 5.41) is 20.1. The largest absolute Gasteiger partial charge is 0.309 e. The first-order valence-electron chi connectivity index (χ1n) is 29.9. The Hall–Kier alpha value is -11.3. The maximum absolute atomic E-state index is 2.49. The van der Waals surface area contributed by atoms with Crippen LogP contribution in [0.25, 0.3) is 186 Å². The zero-order valence-electron chi connectivity index (χ0n) is 46.8. The maximum Gasteiger partial charge on any atom is 0.0547 e. The van der Waals surface area contributed by atoms with Gasteiger partial charge in [0.2, 0.25) is 0 Å². The van der Waals surface area contributed by atoms with Crippen LogP contribution in [0.5, 0.6) is 0 Å². The summed E-state index contributed by atoms with van der Waals surface area (Å²) in [6.07, 6.45) is 0. The molecule has 1 aliphatic carbocycles. The van der Waals surface area contributed by atoms with Crippen molar-refractivity contribution in [2.24, 2.45) is 0 Å². The molecule has 86 heavy (non-hydrogen) atoms. The number of rotatable bonds is 6. The summed E-state index contributed by atoms with van der Waals surface area (Å²) < 4.78 is 4.99. The van der Waals surface area contributed by atoms with Crippen LogP contribution < -0.4 is 0 Å². The van der Waals surface area contributed by atoms with E-state index in [1.807, 2.05) is 0 Å². The average molecular weight is 1090 g/mol. The molecule has 0 saturated carbocycles. The van der Waals surface area contributed by atoms with E-state index in [1.54, 1.807) is 0 Å². The molecule has 1 aliphatic rings. The van der Waals surface area contributed by atoms with E-state index in [1.165, 1.54) is 175 Å². The van der Waals surface area contributed by atoms with Crippen molar-refractivity contribution in [2.75, 3.05) is 0 Å². The van der Waals surface area contributed by atoms with Gasteiger partial charge >= 0.3 is 0 Å². The lowest BCUT2D eigenvalue weighted by Crippen LogP contribution is -1.97. The lowest BCUT2D eigenvalue weighted by atomic mass is 9.82. The molecule has 396 valence electrons. The maximum atomic E-state index is 2.49. The molecule has 0 aliphatic heterocycles. The van der Waals surface area contributed by atoms with E-state index >= 15 is 0 Å². The van der Waals surface area contributed by atoms with Crippen LogP contribution in [0.2, 0.25) is 0 Å². The van der Waals surface area contributed by atoms with Gasteiger partial charge in [-0.1, -0.05) is 255 Å². The fourth-order valence-corrected chi connectivity index (χ4v) is 15.3. The molecule has 0 N–H and O–H groups in total. The summed E-state index contributed by atoms with van der Waals surface area (Å²) in [5.74, 6) is 0. The molecule has 2 nitrogen and oxygen atoms in total. The molecule has 2 heteroatoms. The summed E-state index contributed by atoms with van der Waals surface area (Å²) in [5.41, 5.74) is 22.0. The van der Waals surface area contributed by atoms with Crippen molar-refractivity contribution >= 4 is 108 Å². The Morgan fingerprint density at radius 1 is 0.174 bits per heavy atom. The van der Waals surface area contributed by atoms with Crippen molar-refractivity contribution in [3.63, 3.8) is 0 Å². The number of aromatic nitrogens is 2. The van der Waals surface area contributed by atoms with Gasteiger partial charge in [-0.3, -0.25) is 0 Å². The molecule has 2 aromatic heterocycles.